The summed E-state index contributed by atoms with van der Waals surface area (Å²) < 4.78 is 0. The van der Waals surface area contributed by atoms with Gasteiger partial charge in [0.1, 0.15) is 0 Å². The SMILES string of the molecule is NC(=O)CCN(C(=O)C1CC2CCCC(C1)C2N)c1ccccc1. The summed E-state index contributed by atoms with van der Waals surface area (Å²) in [6, 6.07) is 9.81. The van der Waals surface area contributed by atoms with Crippen LogP contribution in [0.25, 0.3) is 0 Å². The lowest BCUT2D eigenvalue weighted by molar-refractivity contribution is -0.125. The maximum Gasteiger partial charge on any atom is 0.230 e. The Kier molecular flexibility index (Phi) is 5.19. The zero-order chi connectivity index (χ0) is 17.1. The largest absolute Gasteiger partial charge is 0.370 e. The van der Waals surface area contributed by atoms with Gasteiger partial charge in [-0.1, -0.05) is 24.6 Å². The third-order valence-corrected chi connectivity index (χ3v) is 5.68. The van der Waals surface area contributed by atoms with Crippen molar-refractivity contribution >= 4 is 17.5 Å². The van der Waals surface area contributed by atoms with E-state index in [1.807, 2.05) is 30.3 Å². The standard InChI is InChI=1S/C19H27N3O2/c20-17(23)9-10-22(16-7-2-1-3-8-16)19(24)15-11-13-5-4-6-14(12-15)18(13)21/h1-3,7-8,13-15,18H,4-6,9-12,21H2,(H2,20,23). The zero-order valence-electron chi connectivity index (χ0n) is 14.1. The van der Waals surface area contributed by atoms with Gasteiger partial charge in [0.05, 0.1) is 0 Å². The Morgan fingerprint density at radius 2 is 1.71 bits per heavy atom. The zero-order valence-corrected chi connectivity index (χ0v) is 14.1. The van der Waals surface area contributed by atoms with E-state index in [9.17, 15) is 9.59 Å². The van der Waals surface area contributed by atoms with E-state index in [0.29, 0.717) is 18.4 Å². The molecule has 0 aromatic heterocycles. The number of hydrogen-bond acceptors (Lipinski definition) is 3. The van der Waals surface area contributed by atoms with Crippen molar-refractivity contribution in [2.75, 3.05) is 11.4 Å². The number of amides is 2. The molecule has 24 heavy (non-hydrogen) atoms. The van der Waals surface area contributed by atoms with Crippen LogP contribution in [-0.4, -0.2) is 24.4 Å². The summed E-state index contributed by atoms with van der Waals surface area (Å²) in [6.07, 6.45) is 5.42. The molecule has 2 unspecified atom stereocenters. The van der Waals surface area contributed by atoms with Crippen LogP contribution in [0.2, 0.25) is 0 Å². The first-order valence-electron chi connectivity index (χ1n) is 8.96. The van der Waals surface area contributed by atoms with Crippen LogP contribution >= 0.6 is 0 Å². The number of fused-ring (bicyclic) bond motifs is 2. The molecule has 2 atom stereocenters. The third kappa shape index (κ3) is 3.61. The molecule has 0 spiro atoms. The molecule has 0 aliphatic heterocycles. The summed E-state index contributed by atoms with van der Waals surface area (Å²) >= 11 is 0. The first-order valence-corrected chi connectivity index (χ1v) is 8.96. The van der Waals surface area contributed by atoms with Gasteiger partial charge in [0, 0.05) is 30.6 Å². The Bertz CT molecular complexity index is 576. The minimum atomic E-state index is -0.383. The van der Waals surface area contributed by atoms with Crippen molar-refractivity contribution in [2.24, 2.45) is 29.2 Å². The van der Waals surface area contributed by atoms with Crippen LogP contribution < -0.4 is 16.4 Å². The molecule has 2 bridgehead atoms. The van der Waals surface area contributed by atoms with E-state index >= 15 is 0 Å². The van der Waals surface area contributed by atoms with Gasteiger partial charge in [0.2, 0.25) is 11.8 Å². The fourth-order valence-electron chi connectivity index (χ4n) is 4.41. The van der Waals surface area contributed by atoms with Gasteiger partial charge in [0.15, 0.2) is 0 Å². The minimum absolute atomic E-state index is 0.00758. The highest BCUT2D eigenvalue weighted by Crippen LogP contribution is 2.42. The third-order valence-electron chi connectivity index (χ3n) is 5.68. The first kappa shape index (κ1) is 17.0. The Morgan fingerprint density at radius 3 is 2.29 bits per heavy atom. The van der Waals surface area contributed by atoms with Crippen LogP contribution in [0.3, 0.4) is 0 Å². The second-order valence-electron chi connectivity index (χ2n) is 7.24. The van der Waals surface area contributed by atoms with Gasteiger partial charge in [-0.2, -0.15) is 0 Å². The van der Waals surface area contributed by atoms with E-state index in [2.05, 4.69) is 0 Å². The molecule has 2 aliphatic rings. The number of rotatable bonds is 5. The second-order valence-corrected chi connectivity index (χ2v) is 7.24. The van der Waals surface area contributed by atoms with Crippen molar-refractivity contribution < 1.29 is 9.59 Å². The lowest BCUT2D eigenvalue weighted by Crippen LogP contribution is -2.50. The molecule has 4 N–H and O–H groups in total. The Morgan fingerprint density at radius 1 is 1.08 bits per heavy atom. The molecule has 2 fully saturated rings. The number of hydrogen-bond donors (Lipinski definition) is 2. The molecule has 3 rings (SSSR count). The van der Waals surface area contributed by atoms with Crippen molar-refractivity contribution in [3.05, 3.63) is 30.3 Å². The topological polar surface area (TPSA) is 89.4 Å². The lowest BCUT2D eigenvalue weighted by atomic mass is 9.65. The Hall–Kier alpha value is -1.88. The summed E-state index contributed by atoms with van der Waals surface area (Å²) in [5.74, 6) is 0.658. The van der Waals surface area contributed by atoms with Crippen molar-refractivity contribution in [1.29, 1.82) is 0 Å². The predicted octanol–water partition coefficient (Wildman–Crippen LogP) is 2.05. The Balaban J connectivity index is 1.77. The summed E-state index contributed by atoms with van der Waals surface area (Å²) in [6.45, 7) is 0.343. The first-order chi connectivity index (χ1) is 11.6. The van der Waals surface area contributed by atoms with E-state index < -0.39 is 0 Å². The van der Waals surface area contributed by atoms with Gasteiger partial charge in [-0.05, 0) is 49.7 Å². The van der Waals surface area contributed by atoms with Crippen LogP contribution in [0, 0.1) is 17.8 Å². The number of benzene rings is 1. The molecule has 2 aliphatic carbocycles. The van der Waals surface area contributed by atoms with Crippen molar-refractivity contribution in [1.82, 2.24) is 0 Å². The molecule has 5 heteroatoms. The average Bonchev–Trinajstić information content (AvgIpc) is 2.55. The van der Waals surface area contributed by atoms with Crippen LogP contribution in [0.15, 0.2) is 30.3 Å². The van der Waals surface area contributed by atoms with Gasteiger partial charge >= 0.3 is 0 Å². The Labute approximate surface area is 143 Å². The fourth-order valence-corrected chi connectivity index (χ4v) is 4.41. The van der Waals surface area contributed by atoms with Crippen LogP contribution in [0.5, 0.6) is 0 Å². The van der Waals surface area contributed by atoms with Gasteiger partial charge < -0.3 is 16.4 Å². The van der Waals surface area contributed by atoms with Gasteiger partial charge in [-0.15, -0.1) is 0 Å². The van der Waals surface area contributed by atoms with Crippen molar-refractivity contribution in [3.8, 4) is 0 Å². The van der Waals surface area contributed by atoms with Crippen LogP contribution in [0.4, 0.5) is 5.69 Å². The van der Waals surface area contributed by atoms with Crippen molar-refractivity contribution in [2.45, 2.75) is 44.6 Å². The molecule has 2 amide bonds. The van der Waals surface area contributed by atoms with E-state index in [1.165, 1.54) is 6.42 Å². The summed E-state index contributed by atoms with van der Waals surface area (Å²) in [5, 5.41) is 0. The predicted molar refractivity (Wildman–Crippen MR) is 94.1 cm³/mol. The molecule has 0 saturated heterocycles. The highest BCUT2D eigenvalue weighted by molar-refractivity contribution is 5.95. The molecule has 2 saturated carbocycles. The summed E-state index contributed by atoms with van der Waals surface area (Å²) in [4.78, 5) is 26.1. The quantitative estimate of drug-likeness (QED) is 0.866. The van der Waals surface area contributed by atoms with Gasteiger partial charge in [0.25, 0.3) is 0 Å². The molecular weight excluding hydrogens is 302 g/mol. The highest BCUT2D eigenvalue weighted by atomic mass is 16.2. The smallest absolute Gasteiger partial charge is 0.230 e. The second kappa shape index (κ2) is 7.34. The number of primary amides is 1. The van der Waals surface area contributed by atoms with Crippen LogP contribution in [-0.2, 0) is 9.59 Å². The number of para-hydroxylation sites is 1. The molecule has 0 heterocycles. The number of anilines is 1. The fraction of sp³-hybridized carbons (Fsp3) is 0.579. The highest BCUT2D eigenvalue weighted by Gasteiger charge is 2.41. The molecule has 1 aromatic carbocycles. The van der Waals surface area contributed by atoms with E-state index in [-0.39, 0.29) is 30.2 Å². The average molecular weight is 329 g/mol. The van der Waals surface area contributed by atoms with E-state index in [1.54, 1.807) is 4.90 Å². The summed E-state index contributed by atoms with van der Waals surface area (Å²) in [7, 11) is 0. The van der Waals surface area contributed by atoms with E-state index in [4.69, 9.17) is 11.5 Å². The normalized spacial score (nSPS) is 29.0. The monoisotopic (exact) mass is 329 g/mol. The maximum absolute atomic E-state index is 13.2. The molecule has 1 aromatic rings. The van der Waals surface area contributed by atoms with Gasteiger partial charge in [-0.25, -0.2) is 0 Å². The molecular formula is C19H27N3O2. The number of carbonyl (C=O) groups is 2. The number of carbonyl (C=O) groups excluding carboxylic acids is 2. The van der Waals surface area contributed by atoms with Crippen molar-refractivity contribution in [3.63, 3.8) is 0 Å². The minimum Gasteiger partial charge on any atom is -0.370 e. The molecule has 0 radical (unpaired) electrons. The number of nitrogens with two attached hydrogens (primary N) is 2. The maximum atomic E-state index is 13.2. The number of nitrogens with zero attached hydrogens (tertiary/aromatic N) is 1. The van der Waals surface area contributed by atoms with E-state index in [0.717, 1.165) is 31.4 Å². The van der Waals surface area contributed by atoms with Crippen LogP contribution in [0.1, 0.15) is 38.5 Å². The molecule has 130 valence electrons. The lowest BCUT2D eigenvalue weighted by Gasteiger charge is -2.44. The molecule has 5 nitrogen and oxygen atoms in total. The van der Waals surface area contributed by atoms with Gasteiger partial charge in [-0.3, -0.25) is 9.59 Å². The summed E-state index contributed by atoms with van der Waals surface area (Å²) in [5.41, 5.74) is 12.5.